The molecule has 2 unspecified atom stereocenters. The van der Waals surface area contributed by atoms with E-state index in [0.29, 0.717) is 18.4 Å². The Morgan fingerprint density at radius 2 is 2.24 bits per heavy atom. The number of hydrogen-bond acceptors (Lipinski definition) is 1. The molecule has 0 aliphatic heterocycles. The van der Waals surface area contributed by atoms with Gasteiger partial charge in [0.1, 0.15) is 11.5 Å². The van der Waals surface area contributed by atoms with Gasteiger partial charge in [-0.15, -0.1) is 0 Å². The molecule has 0 saturated heterocycles. The van der Waals surface area contributed by atoms with E-state index >= 15 is 0 Å². The second-order valence-electron chi connectivity index (χ2n) is 4.90. The minimum Gasteiger partial charge on any atom is -0.328 e. The molecule has 1 aromatic rings. The fourth-order valence-electron chi connectivity index (χ4n) is 2.54. The summed E-state index contributed by atoms with van der Waals surface area (Å²) in [6.45, 7) is 0. The number of rotatable bonds is 2. The number of hydrogen-bond donors (Lipinski definition) is 1. The number of benzene rings is 1. The van der Waals surface area contributed by atoms with Crippen molar-refractivity contribution in [3.05, 3.63) is 34.6 Å². The van der Waals surface area contributed by atoms with Crippen molar-refractivity contribution in [3.63, 3.8) is 0 Å². The van der Waals surface area contributed by atoms with E-state index in [9.17, 15) is 8.78 Å². The molecule has 94 valence electrons. The first kappa shape index (κ1) is 12.8. The molecular formula is C13H16ClF2N. The summed E-state index contributed by atoms with van der Waals surface area (Å²) in [6.07, 6.45) is 2.61. The molecule has 17 heavy (non-hydrogen) atoms. The zero-order valence-corrected chi connectivity index (χ0v) is 10.3. The molecule has 0 aromatic heterocycles. The maximum atomic E-state index is 14.6. The molecule has 1 aliphatic rings. The van der Waals surface area contributed by atoms with Gasteiger partial charge in [-0.05, 0) is 37.3 Å². The third-order valence-electron chi connectivity index (χ3n) is 3.37. The van der Waals surface area contributed by atoms with Gasteiger partial charge in [-0.1, -0.05) is 23.7 Å². The lowest BCUT2D eigenvalue weighted by Gasteiger charge is -2.33. The second kappa shape index (κ2) is 4.91. The lowest BCUT2D eigenvalue weighted by Crippen LogP contribution is -2.39. The fraction of sp³-hybridized carbons (Fsp3) is 0.538. The summed E-state index contributed by atoms with van der Waals surface area (Å²) in [5.41, 5.74) is 4.98. The van der Waals surface area contributed by atoms with Gasteiger partial charge in [0, 0.05) is 12.5 Å². The number of halogens is 3. The minimum absolute atomic E-state index is 0.0312. The predicted octanol–water partition coefficient (Wildman–Crippen LogP) is 3.63. The van der Waals surface area contributed by atoms with Gasteiger partial charge < -0.3 is 5.73 Å². The lowest BCUT2D eigenvalue weighted by molar-refractivity contribution is 0.0965. The third kappa shape index (κ3) is 2.96. The molecule has 4 heteroatoms. The predicted molar refractivity (Wildman–Crippen MR) is 65.4 cm³/mol. The Morgan fingerprint density at radius 1 is 1.47 bits per heavy atom. The van der Waals surface area contributed by atoms with Crippen LogP contribution in [0.25, 0.3) is 0 Å². The summed E-state index contributed by atoms with van der Waals surface area (Å²) in [5, 5.41) is 0.0312. The van der Waals surface area contributed by atoms with Gasteiger partial charge in [-0.2, -0.15) is 0 Å². The fourth-order valence-corrected chi connectivity index (χ4v) is 2.73. The Kier molecular flexibility index (Phi) is 3.69. The zero-order chi connectivity index (χ0) is 12.5. The summed E-state index contributed by atoms with van der Waals surface area (Å²) in [4.78, 5) is 0. The molecule has 0 radical (unpaired) electrons. The van der Waals surface area contributed by atoms with Crippen LogP contribution < -0.4 is 5.73 Å². The summed E-state index contributed by atoms with van der Waals surface area (Å²) in [7, 11) is 0. The van der Waals surface area contributed by atoms with Gasteiger partial charge in [0.2, 0.25) is 0 Å². The van der Waals surface area contributed by atoms with Gasteiger partial charge in [0.25, 0.3) is 0 Å². The second-order valence-corrected chi connectivity index (χ2v) is 5.28. The molecule has 0 spiro atoms. The van der Waals surface area contributed by atoms with Crippen molar-refractivity contribution in [1.82, 2.24) is 0 Å². The van der Waals surface area contributed by atoms with Gasteiger partial charge in [0.05, 0.1) is 5.02 Å². The van der Waals surface area contributed by atoms with Crippen LogP contribution in [0, 0.1) is 5.82 Å². The van der Waals surface area contributed by atoms with E-state index in [4.69, 9.17) is 17.3 Å². The van der Waals surface area contributed by atoms with Gasteiger partial charge in [-0.3, -0.25) is 0 Å². The van der Waals surface area contributed by atoms with Crippen LogP contribution in [0.15, 0.2) is 18.2 Å². The molecule has 1 saturated carbocycles. The first-order chi connectivity index (χ1) is 8.00. The average molecular weight is 260 g/mol. The summed E-state index contributed by atoms with van der Waals surface area (Å²) >= 11 is 5.84. The Bertz CT molecular complexity index is 410. The Labute approximate surface area is 105 Å². The van der Waals surface area contributed by atoms with Crippen molar-refractivity contribution in [3.8, 4) is 0 Å². The van der Waals surface area contributed by atoms with Gasteiger partial charge >= 0.3 is 0 Å². The van der Waals surface area contributed by atoms with Crippen LogP contribution in [0.3, 0.4) is 0 Å². The molecule has 1 fully saturated rings. The molecular weight excluding hydrogens is 244 g/mol. The largest absolute Gasteiger partial charge is 0.328 e. The molecule has 0 heterocycles. The Morgan fingerprint density at radius 3 is 2.94 bits per heavy atom. The topological polar surface area (TPSA) is 26.0 Å². The normalized spacial score (nSPS) is 29.3. The van der Waals surface area contributed by atoms with Crippen LogP contribution in [-0.4, -0.2) is 11.7 Å². The van der Waals surface area contributed by atoms with E-state index in [1.54, 1.807) is 12.1 Å². The van der Waals surface area contributed by atoms with E-state index in [1.807, 2.05) is 0 Å². The van der Waals surface area contributed by atoms with Crippen LogP contribution >= 0.6 is 11.6 Å². The molecule has 0 bridgehead atoms. The van der Waals surface area contributed by atoms with Crippen molar-refractivity contribution < 1.29 is 8.78 Å². The van der Waals surface area contributed by atoms with E-state index < -0.39 is 11.5 Å². The first-order valence-electron chi connectivity index (χ1n) is 5.88. The highest BCUT2D eigenvalue weighted by Crippen LogP contribution is 2.36. The van der Waals surface area contributed by atoms with Gasteiger partial charge in [-0.25, -0.2) is 8.78 Å². The smallest absolute Gasteiger partial charge is 0.142 e. The maximum absolute atomic E-state index is 14.6. The van der Waals surface area contributed by atoms with Crippen LogP contribution in [0.4, 0.5) is 8.78 Å². The van der Waals surface area contributed by atoms with E-state index in [1.165, 1.54) is 6.07 Å². The van der Waals surface area contributed by atoms with E-state index in [-0.39, 0.29) is 17.5 Å². The summed E-state index contributed by atoms with van der Waals surface area (Å²) in [5.74, 6) is -0.493. The summed E-state index contributed by atoms with van der Waals surface area (Å²) < 4.78 is 27.8. The Balaban J connectivity index is 2.17. The highest BCUT2D eigenvalue weighted by molar-refractivity contribution is 6.31. The van der Waals surface area contributed by atoms with Crippen LogP contribution in [0.5, 0.6) is 0 Å². The molecule has 1 aromatic carbocycles. The van der Waals surface area contributed by atoms with E-state index in [0.717, 1.165) is 12.8 Å². The average Bonchev–Trinajstić information content (AvgIpc) is 2.24. The van der Waals surface area contributed by atoms with Crippen LogP contribution in [-0.2, 0) is 6.42 Å². The van der Waals surface area contributed by atoms with Gasteiger partial charge in [0.15, 0.2) is 0 Å². The van der Waals surface area contributed by atoms with Crippen molar-refractivity contribution in [2.75, 3.05) is 0 Å². The van der Waals surface area contributed by atoms with Crippen molar-refractivity contribution >= 4 is 11.6 Å². The molecule has 0 amide bonds. The number of nitrogens with two attached hydrogens (primary N) is 1. The maximum Gasteiger partial charge on any atom is 0.142 e. The van der Waals surface area contributed by atoms with Crippen molar-refractivity contribution in [1.29, 1.82) is 0 Å². The number of alkyl halides is 1. The monoisotopic (exact) mass is 259 g/mol. The summed E-state index contributed by atoms with van der Waals surface area (Å²) in [6, 6.07) is 4.42. The molecule has 2 N–H and O–H groups in total. The molecule has 1 nitrogen and oxygen atoms in total. The highest BCUT2D eigenvalue weighted by atomic mass is 35.5. The van der Waals surface area contributed by atoms with E-state index in [2.05, 4.69) is 0 Å². The standard InChI is InChI=1S/C13H16ClF2N/c14-12-9(3-1-5-11(12)15)7-13(16)6-2-4-10(17)8-13/h1,3,5,10H,2,4,6-8,17H2. The molecule has 1 aliphatic carbocycles. The third-order valence-corrected chi connectivity index (χ3v) is 3.79. The van der Waals surface area contributed by atoms with Crippen molar-refractivity contribution in [2.24, 2.45) is 5.73 Å². The lowest BCUT2D eigenvalue weighted by atomic mass is 9.80. The SMILES string of the molecule is NC1CCCC(F)(Cc2cccc(F)c2Cl)C1. The highest BCUT2D eigenvalue weighted by Gasteiger charge is 2.35. The zero-order valence-electron chi connectivity index (χ0n) is 9.56. The minimum atomic E-state index is -1.34. The van der Waals surface area contributed by atoms with Crippen LogP contribution in [0.2, 0.25) is 5.02 Å². The quantitative estimate of drug-likeness (QED) is 0.862. The molecule has 2 rings (SSSR count). The van der Waals surface area contributed by atoms with Crippen molar-refractivity contribution in [2.45, 2.75) is 43.8 Å². The first-order valence-corrected chi connectivity index (χ1v) is 6.25. The Hall–Kier alpha value is -0.670. The van der Waals surface area contributed by atoms with Crippen LogP contribution in [0.1, 0.15) is 31.2 Å². The molecule has 2 atom stereocenters.